The summed E-state index contributed by atoms with van der Waals surface area (Å²) in [5.74, 6) is 1.69. The summed E-state index contributed by atoms with van der Waals surface area (Å²) in [6.07, 6.45) is 1.90. The van der Waals surface area contributed by atoms with Crippen molar-refractivity contribution in [3.63, 3.8) is 0 Å². The Kier molecular flexibility index (Phi) is 5.28. The SMILES string of the molecule is Cc1c(C#N)cccc1[C@@H](C)Nc1nnc(C)c2cnc(N3CC(C)(N(C)C)C3)cc12. The van der Waals surface area contributed by atoms with E-state index in [2.05, 4.69) is 65.4 Å². The van der Waals surface area contributed by atoms with Crippen LogP contribution < -0.4 is 10.2 Å². The lowest BCUT2D eigenvalue weighted by atomic mass is 9.91. The molecule has 1 aliphatic rings. The molecule has 0 amide bonds. The fraction of sp³-hybridized carbons (Fsp3) is 0.417. The summed E-state index contributed by atoms with van der Waals surface area (Å²) < 4.78 is 0. The molecule has 0 bridgehead atoms. The van der Waals surface area contributed by atoms with Gasteiger partial charge in [-0.1, -0.05) is 12.1 Å². The molecule has 2 aromatic heterocycles. The van der Waals surface area contributed by atoms with E-state index in [0.717, 1.165) is 52.3 Å². The number of anilines is 2. The first-order valence-corrected chi connectivity index (χ1v) is 10.5. The van der Waals surface area contributed by atoms with E-state index in [1.54, 1.807) is 0 Å². The molecule has 1 atom stereocenters. The van der Waals surface area contributed by atoms with Crippen LogP contribution in [0.1, 0.15) is 42.3 Å². The van der Waals surface area contributed by atoms with Crippen molar-refractivity contribution in [1.82, 2.24) is 20.1 Å². The molecular formula is C24H29N7. The Morgan fingerprint density at radius 3 is 2.61 bits per heavy atom. The van der Waals surface area contributed by atoms with Crippen LogP contribution in [0, 0.1) is 25.2 Å². The molecular weight excluding hydrogens is 386 g/mol. The maximum absolute atomic E-state index is 9.36. The summed E-state index contributed by atoms with van der Waals surface area (Å²) in [6, 6.07) is 10.2. The first kappa shape index (κ1) is 21.0. The maximum Gasteiger partial charge on any atom is 0.157 e. The van der Waals surface area contributed by atoms with E-state index >= 15 is 0 Å². The molecule has 1 aromatic carbocycles. The van der Waals surface area contributed by atoms with Crippen LogP contribution in [-0.4, -0.2) is 52.8 Å². The lowest BCUT2D eigenvalue weighted by Gasteiger charge is -2.52. The molecule has 1 saturated heterocycles. The summed E-state index contributed by atoms with van der Waals surface area (Å²) in [4.78, 5) is 9.27. The van der Waals surface area contributed by atoms with Gasteiger partial charge in [0.25, 0.3) is 0 Å². The van der Waals surface area contributed by atoms with E-state index in [4.69, 9.17) is 4.98 Å². The van der Waals surface area contributed by atoms with E-state index in [9.17, 15) is 5.26 Å². The molecule has 0 spiro atoms. The van der Waals surface area contributed by atoms with Gasteiger partial charge in [-0.05, 0) is 65.0 Å². The van der Waals surface area contributed by atoms with Gasteiger partial charge in [0.15, 0.2) is 5.82 Å². The van der Waals surface area contributed by atoms with E-state index < -0.39 is 0 Å². The van der Waals surface area contributed by atoms with Crippen molar-refractivity contribution >= 4 is 22.4 Å². The number of fused-ring (bicyclic) bond motifs is 1. The van der Waals surface area contributed by atoms with Gasteiger partial charge in [-0.15, -0.1) is 5.10 Å². The summed E-state index contributed by atoms with van der Waals surface area (Å²) in [5.41, 5.74) is 3.78. The number of nitrogens with one attached hydrogen (secondary N) is 1. The molecule has 7 nitrogen and oxygen atoms in total. The van der Waals surface area contributed by atoms with Gasteiger partial charge >= 0.3 is 0 Å². The predicted octanol–water partition coefficient (Wildman–Crippen LogP) is 3.83. The highest BCUT2D eigenvalue weighted by Gasteiger charge is 2.41. The second-order valence-electron chi connectivity index (χ2n) is 8.97. The Morgan fingerprint density at radius 1 is 1.19 bits per heavy atom. The fourth-order valence-electron chi connectivity index (χ4n) is 4.19. The highest BCUT2D eigenvalue weighted by molar-refractivity contribution is 5.94. The molecule has 0 unspecified atom stereocenters. The van der Waals surface area contributed by atoms with Crippen LogP contribution in [0.3, 0.4) is 0 Å². The van der Waals surface area contributed by atoms with Crippen LogP contribution in [0.15, 0.2) is 30.5 Å². The van der Waals surface area contributed by atoms with Gasteiger partial charge in [-0.2, -0.15) is 10.4 Å². The van der Waals surface area contributed by atoms with Crippen molar-refractivity contribution in [2.75, 3.05) is 37.4 Å². The van der Waals surface area contributed by atoms with E-state index in [1.165, 1.54) is 0 Å². The minimum Gasteiger partial charge on any atom is -0.362 e. The molecule has 0 saturated carbocycles. The normalized spacial score (nSPS) is 16.1. The first-order chi connectivity index (χ1) is 14.7. The lowest BCUT2D eigenvalue weighted by Crippen LogP contribution is -2.67. The zero-order valence-electron chi connectivity index (χ0n) is 19.1. The minimum absolute atomic E-state index is 0.0221. The molecule has 7 heteroatoms. The van der Waals surface area contributed by atoms with Crippen molar-refractivity contribution in [1.29, 1.82) is 5.26 Å². The minimum atomic E-state index is -0.0221. The quantitative estimate of drug-likeness (QED) is 0.678. The Labute approximate surface area is 183 Å². The maximum atomic E-state index is 9.36. The Hall–Kier alpha value is -3.24. The average Bonchev–Trinajstić information content (AvgIpc) is 2.73. The molecule has 0 radical (unpaired) electrons. The number of pyridine rings is 1. The molecule has 1 N–H and O–H groups in total. The van der Waals surface area contributed by atoms with Gasteiger partial charge in [-0.25, -0.2) is 4.98 Å². The van der Waals surface area contributed by atoms with E-state index in [1.807, 2.05) is 38.2 Å². The van der Waals surface area contributed by atoms with Crippen molar-refractivity contribution in [3.05, 3.63) is 52.8 Å². The molecule has 1 fully saturated rings. The third-order valence-corrected chi connectivity index (χ3v) is 6.62. The van der Waals surface area contributed by atoms with Gasteiger partial charge in [-0.3, -0.25) is 0 Å². The molecule has 0 aliphatic carbocycles. The van der Waals surface area contributed by atoms with Gasteiger partial charge in [0.2, 0.25) is 0 Å². The second-order valence-corrected chi connectivity index (χ2v) is 8.97. The topological polar surface area (TPSA) is 81.0 Å². The zero-order valence-corrected chi connectivity index (χ0v) is 19.1. The Bertz CT molecular complexity index is 1170. The van der Waals surface area contributed by atoms with Crippen LogP contribution in [0.25, 0.3) is 10.8 Å². The largest absolute Gasteiger partial charge is 0.362 e. The summed E-state index contributed by atoms with van der Waals surface area (Å²) in [6.45, 7) is 10.2. The van der Waals surface area contributed by atoms with Gasteiger partial charge < -0.3 is 15.1 Å². The summed E-state index contributed by atoms with van der Waals surface area (Å²) >= 11 is 0. The van der Waals surface area contributed by atoms with Crippen LogP contribution in [-0.2, 0) is 0 Å². The van der Waals surface area contributed by atoms with E-state index in [-0.39, 0.29) is 11.6 Å². The van der Waals surface area contributed by atoms with Crippen molar-refractivity contribution in [3.8, 4) is 6.07 Å². The van der Waals surface area contributed by atoms with Crippen molar-refractivity contribution < 1.29 is 0 Å². The number of benzene rings is 1. The molecule has 1 aliphatic heterocycles. The number of likely N-dealkylation sites (N-methyl/N-ethyl adjacent to an activating group) is 1. The number of nitriles is 1. The van der Waals surface area contributed by atoms with Crippen LogP contribution in [0.4, 0.5) is 11.6 Å². The molecule has 31 heavy (non-hydrogen) atoms. The number of rotatable bonds is 5. The average molecular weight is 416 g/mol. The number of aromatic nitrogens is 3. The molecule has 160 valence electrons. The van der Waals surface area contributed by atoms with E-state index in [0.29, 0.717) is 5.56 Å². The molecule has 3 aromatic rings. The Morgan fingerprint density at radius 2 is 1.94 bits per heavy atom. The van der Waals surface area contributed by atoms with Crippen LogP contribution in [0.5, 0.6) is 0 Å². The highest BCUT2D eigenvalue weighted by Crippen LogP contribution is 2.34. The number of aryl methyl sites for hydroxylation is 1. The number of nitrogens with zero attached hydrogens (tertiary/aromatic N) is 6. The number of hydrogen-bond donors (Lipinski definition) is 1. The number of hydrogen-bond acceptors (Lipinski definition) is 7. The van der Waals surface area contributed by atoms with Crippen LogP contribution in [0.2, 0.25) is 0 Å². The second kappa shape index (κ2) is 7.78. The highest BCUT2D eigenvalue weighted by atomic mass is 15.3. The van der Waals surface area contributed by atoms with Gasteiger partial charge in [0.05, 0.1) is 28.9 Å². The fourth-order valence-corrected chi connectivity index (χ4v) is 4.19. The third kappa shape index (κ3) is 3.68. The predicted molar refractivity (Wildman–Crippen MR) is 124 cm³/mol. The molecule has 4 rings (SSSR count). The third-order valence-electron chi connectivity index (χ3n) is 6.62. The monoisotopic (exact) mass is 415 g/mol. The summed E-state index contributed by atoms with van der Waals surface area (Å²) in [5, 5.41) is 23.7. The van der Waals surface area contributed by atoms with Gasteiger partial charge in [0.1, 0.15) is 5.82 Å². The zero-order chi connectivity index (χ0) is 22.3. The smallest absolute Gasteiger partial charge is 0.157 e. The van der Waals surface area contributed by atoms with Crippen molar-refractivity contribution in [2.24, 2.45) is 0 Å². The first-order valence-electron chi connectivity index (χ1n) is 10.5. The van der Waals surface area contributed by atoms with Crippen molar-refractivity contribution in [2.45, 2.75) is 39.3 Å². The Balaban J connectivity index is 1.67. The lowest BCUT2D eigenvalue weighted by molar-refractivity contribution is 0.132. The van der Waals surface area contributed by atoms with Gasteiger partial charge in [0, 0.05) is 30.1 Å². The standard InChI is InChI=1S/C24H29N7/c1-15-18(11-25)8-7-9-19(15)16(2)27-23-20-10-22(26-12-21(20)17(3)28-29-23)31-13-24(4,14-31)30(5)6/h7-10,12,16H,13-14H2,1-6H3,(H,27,29)/t16-/m1/s1. The van der Waals surface area contributed by atoms with Crippen LogP contribution >= 0.6 is 0 Å². The summed E-state index contributed by atoms with van der Waals surface area (Å²) in [7, 11) is 4.24. The molecule has 3 heterocycles.